The summed E-state index contributed by atoms with van der Waals surface area (Å²) in [4.78, 5) is 41.5. The van der Waals surface area contributed by atoms with Crippen LogP contribution in [-0.4, -0.2) is 81.3 Å². The number of aromatic nitrogens is 4. The van der Waals surface area contributed by atoms with E-state index in [1.54, 1.807) is 11.8 Å². The Morgan fingerprint density at radius 1 is 1.16 bits per heavy atom. The lowest BCUT2D eigenvalue weighted by atomic mass is 9.93. The summed E-state index contributed by atoms with van der Waals surface area (Å²) in [6.07, 6.45) is 5.15. The van der Waals surface area contributed by atoms with E-state index in [0.717, 1.165) is 46.6 Å². The molecule has 0 radical (unpaired) electrons. The number of aryl methyl sites for hydroxylation is 1. The molecule has 6 N–H and O–H groups in total. The van der Waals surface area contributed by atoms with Crippen LogP contribution >= 0.6 is 27.7 Å². The molecule has 2 aliphatic rings. The number of rotatable bonds is 12. The lowest BCUT2D eigenvalue weighted by molar-refractivity contribution is -0.160. The second kappa shape index (κ2) is 14.8. The molecule has 0 spiro atoms. The standard InChI is InChI=1S/C29H39BrN8O5S/c1-17(43-28(40)20(32)4-2-3-8-31)27(39)37-9-5-18(6-10-37)7-11-38-26-24(25(33)34-16-35-26)36-29(38)44-23-15-22-21(14-19(23)30)41-12-13-42-22/h14-18,20H,2-13,31-32H2,1H3,(H2,33,34,35)/t17-,20+/m0/s1. The number of ether oxygens (including phenoxy) is 3. The van der Waals surface area contributed by atoms with Crippen LogP contribution in [0.3, 0.4) is 0 Å². The van der Waals surface area contributed by atoms with Crippen LogP contribution in [0.15, 0.2) is 33.0 Å². The summed E-state index contributed by atoms with van der Waals surface area (Å²) in [6, 6.07) is 3.11. The zero-order chi connectivity index (χ0) is 31.2. The third-order valence-electron chi connectivity index (χ3n) is 7.92. The van der Waals surface area contributed by atoms with Crippen molar-refractivity contribution in [3.05, 3.63) is 22.9 Å². The maximum atomic E-state index is 13.0. The number of benzene rings is 1. The molecular weight excluding hydrogens is 652 g/mol. The molecule has 3 aromatic rings. The highest BCUT2D eigenvalue weighted by Gasteiger charge is 2.30. The lowest BCUT2D eigenvalue weighted by Gasteiger charge is -2.33. The van der Waals surface area contributed by atoms with Crippen molar-refractivity contribution in [2.45, 2.75) is 74.2 Å². The predicted octanol–water partition coefficient (Wildman–Crippen LogP) is 3.11. The van der Waals surface area contributed by atoms with Gasteiger partial charge in [-0.25, -0.2) is 15.0 Å². The lowest BCUT2D eigenvalue weighted by Crippen LogP contribution is -2.46. The molecule has 5 rings (SSSR count). The SMILES string of the molecule is C[C@H](OC(=O)[C@H](N)CCCCN)C(=O)N1CCC(CCn2c(Sc3cc4c(cc3Br)OCCO4)nc3c(N)ncnc32)CC1. The number of likely N-dealkylation sites (tertiary alicyclic amines) is 1. The molecule has 1 amide bonds. The average molecular weight is 692 g/mol. The Bertz CT molecular complexity index is 1480. The Labute approximate surface area is 268 Å². The van der Waals surface area contributed by atoms with Crippen molar-refractivity contribution in [3.8, 4) is 11.5 Å². The van der Waals surface area contributed by atoms with Crippen LogP contribution in [-0.2, 0) is 20.9 Å². The van der Waals surface area contributed by atoms with Gasteiger partial charge in [0.15, 0.2) is 39.7 Å². The number of anilines is 1. The van der Waals surface area contributed by atoms with Gasteiger partial charge in [0.2, 0.25) is 0 Å². The molecule has 0 bridgehead atoms. The first-order chi connectivity index (χ1) is 21.2. The highest BCUT2D eigenvalue weighted by Crippen LogP contribution is 2.42. The number of hydrogen-bond acceptors (Lipinski definition) is 12. The Hall–Kier alpha value is -3.14. The van der Waals surface area contributed by atoms with Crippen molar-refractivity contribution in [1.82, 2.24) is 24.4 Å². The number of carbonyl (C=O) groups is 2. The summed E-state index contributed by atoms with van der Waals surface area (Å²) in [5.41, 5.74) is 18.8. The van der Waals surface area contributed by atoms with E-state index in [4.69, 9.17) is 36.4 Å². The maximum absolute atomic E-state index is 13.0. The molecule has 2 aromatic heterocycles. The third kappa shape index (κ3) is 7.56. The van der Waals surface area contributed by atoms with Crippen LogP contribution in [0.1, 0.15) is 45.4 Å². The molecule has 238 valence electrons. The molecule has 1 aromatic carbocycles. The smallest absolute Gasteiger partial charge is 0.323 e. The monoisotopic (exact) mass is 690 g/mol. The second-order valence-corrected chi connectivity index (χ2v) is 12.9. The Balaban J connectivity index is 1.20. The minimum Gasteiger partial charge on any atom is -0.486 e. The predicted molar refractivity (Wildman–Crippen MR) is 169 cm³/mol. The molecule has 15 heteroatoms. The summed E-state index contributed by atoms with van der Waals surface area (Å²) in [5, 5.41) is 0.745. The maximum Gasteiger partial charge on any atom is 0.323 e. The largest absolute Gasteiger partial charge is 0.486 e. The summed E-state index contributed by atoms with van der Waals surface area (Å²) in [6.45, 7) is 5.04. The molecule has 0 saturated carbocycles. The number of nitrogens with zero attached hydrogens (tertiary/aromatic N) is 5. The first-order valence-electron chi connectivity index (χ1n) is 14.9. The van der Waals surface area contributed by atoms with Crippen LogP contribution < -0.4 is 26.7 Å². The Morgan fingerprint density at radius 3 is 2.61 bits per heavy atom. The highest BCUT2D eigenvalue weighted by atomic mass is 79.9. The van der Waals surface area contributed by atoms with Gasteiger partial charge in [-0.1, -0.05) is 18.2 Å². The number of esters is 1. The van der Waals surface area contributed by atoms with Gasteiger partial charge >= 0.3 is 5.97 Å². The van der Waals surface area contributed by atoms with E-state index in [1.807, 2.05) is 12.1 Å². The highest BCUT2D eigenvalue weighted by molar-refractivity contribution is 9.10. The van der Waals surface area contributed by atoms with E-state index in [2.05, 4.69) is 30.5 Å². The van der Waals surface area contributed by atoms with Gasteiger partial charge in [-0.15, -0.1) is 0 Å². The summed E-state index contributed by atoms with van der Waals surface area (Å²) in [7, 11) is 0. The Morgan fingerprint density at radius 2 is 1.89 bits per heavy atom. The third-order valence-corrected chi connectivity index (χ3v) is 9.89. The van der Waals surface area contributed by atoms with Crippen LogP contribution in [0.5, 0.6) is 11.5 Å². The zero-order valence-corrected chi connectivity index (χ0v) is 27.1. The van der Waals surface area contributed by atoms with Crippen LogP contribution in [0.25, 0.3) is 11.2 Å². The van der Waals surface area contributed by atoms with Crippen molar-refractivity contribution < 1.29 is 23.8 Å². The van der Waals surface area contributed by atoms with Crippen LogP contribution in [0, 0.1) is 5.92 Å². The number of amides is 1. The van der Waals surface area contributed by atoms with Gasteiger partial charge in [-0.3, -0.25) is 9.59 Å². The van der Waals surface area contributed by atoms with Gasteiger partial charge in [0.1, 0.15) is 25.6 Å². The van der Waals surface area contributed by atoms with E-state index < -0.39 is 18.1 Å². The van der Waals surface area contributed by atoms with E-state index >= 15 is 0 Å². The van der Waals surface area contributed by atoms with Gasteiger partial charge in [0.25, 0.3) is 5.91 Å². The number of halogens is 1. The molecule has 13 nitrogen and oxygen atoms in total. The van der Waals surface area contributed by atoms with Gasteiger partial charge in [-0.05, 0) is 79.6 Å². The normalized spacial score (nSPS) is 16.6. The van der Waals surface area contributed by atoms with E-state index in [9.17, 15) is 9.59 Å². The van der Waals surface area contributed by atoms with Crippen molar-refractivity contribution in [2.75, 3.05) is 38.6 Å². The molecule has 0 aliphatic carbocycles. The van der Waals surface area contributed by atoms with E-state index in [-0.39, 0.29) is 5.91 Å². The molecule has 4 heterocycles. The van der Waals surface area contributed by atoms with Gasteiger partial charge in [-0.2, -0.15) is 0 Å². The van der Waals surface area contributed by atoms with Crippen LogP contribution in [0.4, 0.5) is 5.82 Å². The number of fused-ring (bicyclic) bond motifs is 2. The first-order valence-corrected chi connectivity index (χ1v) is 16.5. The number of imidazole rings is 1. The molecule has 44 heavy (non-hydrogen) atoms. The van der Waals surface area contributed by atoms with Gasteiger partial charge < -0.3 is 40.9 Å². The molecule has 0 unspecified atom stereocenters. The number of nitrogens with two attached hydrogens (primary N) is 3. The Kier molecular flexibility index (Phi) is 10.8. The summed E-state index contributed by atoms with van der Waals surface area (Å²) in [5.74, 6) is 1.38. The average Bonchev–Trinajstić information content (AvgIpc) is 3.38. The molecule has 2 atom stereocenters. The summed E-state index contributed by atoms with van der Waals surface area (Å²) < 4.78 is 19.8. The van der Waals surface area contributed by atoms with Crippen molar-refractivity contribution >= 4 is 56.6 Å². The van der Waals surface area contributed by atoms with Crippen LogP contribution in [0.2, 0.25) is 0 Å². The zero-order valence-electron chi connectivity index (χ0n) is 24.7. The fraction of sp³-hybridized carbons (Fsp3) is 0.552. The second-order valence-electron chi connectivity index (χ2n) is 11.0. The molecule has 1 fully saturated rings. The van der Waals surface area contributed by atoms with E-state index in [1.165, 1.54) is 18.1 Å². The van der Waals surface area contributed by atoms with Crippen molar-refractivity contribution in [1.29, 1.82) is 0 Å². The van der Waals surface area contributed by atoms with Crippen molar-refractivity contribution in [3.63, 3.8) is 0 Å². The fourth-order valence-electron chi connectivity index (χ4n) is 5.38. The first kappa shape index (κ1) is 32.3. The molecular formula is C29H39BrN8O5S. The topological polar surface area (TPSA) is 187 Å². The minimum atomic E-state index is -0.874. The quantitative estimate of drug-likeness (QED) is 0.186. The van der Waals surface area contributed by atoms with Gasteiger partial charge in [0, 0.05) is 29.0 Å². The number of hydrogen-bond donors (Lipinski definition) is 3. The number of carbonyl (C=O) groups excluding carboxylic acids is 2. The molecule has 1 saturated heterocycles. The fourth-order valence-corrected chi connectivity index (χ4v) is 6.89. The number of nitrogen functional groups attached to an aromatic ring is 1. The number of unbranched alkanes of at least 4 members (excludes halogenated alkanes) is 1. The van der Waals surface area contributed by atoms with Gasteiger partial charge in [0.05, 0.1) is 0 Å². The van der Waals surface area contributed by atoms with Crippen molar-refractivity contribution in [2.24, 2.45) is 17.4 Å². The summed E-state index contributed by atoms with van der Waals surface area (Å²) >= 11 is 5.15. The molecule has 2 aliphatic heterocycles. The van der Waals surface area contributed by atoms with E-state index in [0.29, 0.717) is 80.2 Å². The number of piperidine rings is 1. The minimum absolute atomic E-state index is 0.192.